The standard InChI is InChI=1S/C13H11IN2O3/c1-18-13(17)10-6-7-16-12(11(10)15)19-9-4-2-8(14)3-5-9/h2-7H,15H2,1H3. The number of nitrogens with zero attached hydrogens (tertiary/aromatic N) is 1. The van der Waals surface area contributed by atoms with E-state index in [0.717, 1.165) is 3.57 Å². The predicted molar refractivity (Wildman–Crippen MR) is 79.2 cm³/mol. The van der Waals surface area contributed by atoms with Gasteiger partial charge in [-0.15, -0.1) is 0 Å². The minimum Gasteiger partial charge on any atom is -0.465 e. The normalized spacial score (nSPS) is 10.0. The van der Waals surface area contributed by atoms with Crippen LogP contribution in [0.15, 0.2) is 36.5 Å². The first-order valence-electron chi connectivity index (χ1n) is 5.38. The van der Waals surface area contributed by atoms with E-state index in [0.29, 0.717) is 5.75 Å². The van der Waals surface area contributed by atoms with Gasteiger partial charge in [-0.05, 0) is 52.9 Å². The summed E-state index contributed by atoms with van der Waals surface area (Å²) in [6.07, 6.45) is 1.45. The maximum absolute atomic E-state index is 11.5. The van der Waals surface area contributed by atoms with Crippen LogP contribution in [0.3, 0.4) is 0 Å². The van der Waals surface area contributed by atoms with Crippen molar-refractivity contribution in [3.05, 3.63) is 45.7 Å². The number of methoxy groups -OCH3 is 1. The summed E-state index contributed by atoms with van der Waals surface area (Å²) in [4.78, 5) is 15.5. The number of hydrogen-bond acceptors (Lipinski definition) is 5. The monoisotopic (exact) mass is 370 g/mol. The van der Waals surface area contributed by atoms with E-state index in [1.54, 1.807) is 12.1 Å². The molecule has 0 bridgehead atoms. The lowest BCUT2D eigenvalue weighted by atomic mass is 10.2. The van der Waals surface area contributed by atoms with E-state index in [1.165, 1.54) is 19.4 Å². The Morgan fingerprint density at radius 1 is 1.26 bits per heavy atom. The zero-order valence-corrected chi connectivity index (χ0v) is 12.2. The number of nitrogen functional groups attached to an aromatic ring is 1. The van der Waals surface area contributed by atoms with Gasteiger partial charge in [-0.1, -0.05) is 0 Å². The molecule has 0 aliphatic heterocycles. The van der Waals surface area contributed by atoms with Crippen LogP contribution in [0.2, 0.25) is 0 Å². The highest BCUT2D eigenvalue weighted by Crippen LogP contribution is 2.28. The number of benzene rings is 1. The van der Waals surface area contributed by atoms with Gasteiger partial charge in [0.1, 0.15) is 11.4 Å². The van der Waals surface area contributed by atoms with E-state index in [-0.39, 0.29) is 17.1 Å². The van der Waals surface area contributed by atoms with Crippen LogP contribution in [0.5, 0.6) is 11.6 Å². The summed E-state index contributed by atoms with van der Waals surface area (Å²) in [5.74, 6) is 0.262. The van der Waals surface area contributed by atoms with Crippen molar-refractivity contribution in [2.75, 3.05) is 12.8 Å². The van der Waals surface area contributed by atoms with Crippen molar-refractivity contribution in [2.45, 2.75) is 0 Å². The number of rotatable bonds is 3. The molecular formula is C13H11IN2O3. The van der Waals surface area contributed by atoms with Crippen LogP contribution >= 0.6 is 22.6 Å². The number of nitrogens with two attached hydrogens (primary N) is 1. The molecule has 98 valence electrons. The molecule has 0 aliphatic carbocycles. The minimum atomic E-state index is -0.521. The van der Waals surface area contributed by atoms with Gasteiger partial charge in [0, 0.05) is 9.77 Å². The first-order chi connectivity index (χ1) is 9.11. The average molecular weight is 370 g/mol. The third kappa shape index (κ3) is 3.14. The molecule has 0 fully saturated rings. The maximum Gasteiger partial charge on any atom is 0.340 e. The lowest BCUT2D eigenvalue weighted by molar-refractivity contribution is 0.0601. The Balaban J connectivity index is 2.30. The van der Waals surface area contributed by atoms with Crippen LogP contribution in [0, 0.1) is 3.57 Å². The Morgan fingerprint density at radius 3 is 2.58 bits per heavy atom. The van der Waals surface area contributed by atoms with Gasteiger partial charge < -0.3 is 15.2 Å². The van der Waals surface area contributed by atoms with E-state index < -0.39 is 5.97 Å². The summed E-state index contributed by atoms with van der Waals surface area (Å²) in [5.41, 5.74) is 6.24. The largest absolute Gasteiger partial charge is 0.465 e. The van der Waals surface area contributed by atoms with Gasteiger partial charge in [-0.2, -0.15) is 0 Å². The topological polar surface area (TPSA) is 74.4 Å². The van der Waals surface area contributed by atoms with Crippen LogP contribution in [-0.4, -0.2) is 18.1 Å². The van der Waals surface area contributed by atoms with Gasteiger partial charge in [0.2, 0.25) is 5.88 Å². The van der Waals surface area contributed by atoms with Gasteiger partial charge in [0.15, 0.2) is 0 Å². The summed E-state index contributed by atoms with van der Waals surface area (Å²) < 4.78 is 11.3. The van der Waals surface area contributed by atoms with Crippen LogP contribution in [0.4, 0.5) is 5.69 Å². The van der Waals surface area contributed by atoms with E-state index in [2.05, 4.69) is 32.3 Å². The number of esters is 1. The second-order valence-electron chi connectivity index (χ2n) is 3.62. The molecule has 2 aromatic rings. The Morgan fingerprint density at radius 2 is 1.95 bits per heavy atom. The maximum atomic E-state index is 11.5. The Bertz CT molecular complexity index is 599. The summed E-state index contributed by atoms with van der Waals surface area (Å²) >= 11 is 2.20. The third-order valence-electron chi connectivity index (χ3n) is 2.39. The number of aromatic nitrogens is 1. The zero-order valence-electron chi connectivity index (χ0n) is 10.1. The molecule has 0 aliphatic rings. The van der Waals surface area contributed by atoms with Gasteiger partial charge in [-0.3, -0.25) is 0 Å². The fourth-order valence-electron chi connectivity index (χ4n) is 1.44. The number of hydrogen-bond donors (Lipinski definition) is 1. The Hall–Kier alpha value is -1.83. The number of ether oxygens (including phenoxy) is 2. The molecule has 6 heteroatoms. The van der Waals surface area contributed by atoms with Gasteiger partial charge in [0.25, 0.3) is 0 Å². The zero-order chi connectivity index (χ0) is 13.8. The van der Waals surface area contributed by atoms with Crippen molar-refractivity contribution in [2.24, 2.45) is 0 Å². The lowest BCUT2D eigenvalue weighted by Gasteiger charge is -2.09. The van der Waals surface area contributed by atoms with E-state index >= 15 is 0 Å². The van der Waals surface area contributed by atoms with Crippen molar-refractivity contribution in [3.63, 3.8) is 0 Å². The first kappa shape index (κ1) is 13.6. The molecule has 0 atom stereocenters. The molecule has 2 N–H and O–H groups in total. The third-order valence-corrected chi connectivity index (χ3v) is 3.11. The van der Waals surface area contributed by atoms with Crippen LogP contribution in [-0.2, 0) is 4.74 Å². The molecule has 0 amide bonds. The van der Waals surface area contributed by atoms with Crippen molar-refractivity contribution >= 4 is 34.2 Å². The van der Waals surface area contributed by atoms with Crippen LogP contribution < -0.4 is 10.5 Å². The minimum absolute atomic E-state index is 0.160. The highest BCUT2D eigenvalue weighted by molar-refractivity contribution is 14.1. The number of pyridine rings is 1. The lowest BCUT2D eigenvalue weighted by Crippen LogP contribution is -2.07. The second kappa shape index (κ2) is 5.87. The predicted octanol–water partition coefficient (Wildman–Crippen LogP) is 2.85. The van der Waals surface area contributed by atoms with Gasteiger partial charge >= 0.3 is 5.97 Å². The summed E-state index contributed by atoms with van der Waals surface area (Å²) in [5, 5.41) is 0. The Kier molecular flexibility index (Phi) is 4.20. The Labute approximate surface area is 123 Å². The molecule has 0 saturated heterocycles. The number of carbonyl (C=O) groups excluding carboxylic acids is 1. The van der Waals surface area contributed by atoms with E-state index in [9.17, 15) is 4.79 Å². The fourth-order valence-corrected chi connectivity index (χ4v) is 1.80. The molecular weight excluding hydrogens is 359 g/mol. The molecule has 0 spiro atoms. The van der Waals surface area contributed by atoms with E-state index in [1.807, 2.05) is 12.1 Å². The molecule has 19 heavy (non-hydrogen) atoms. The van der Waals surface area contributed by atoms with Gasteiger partial charge in [-0.25, -0.2) is 9.78 Å². The molecule has 0 radical (unpaired) electrons. The molecule has 2 rings (SSSR count). The summed E-state index contributed by atoms with van der Waals surface area (Å²) in [6, 6.07) is 8.88. The second-order valence-corrected chi connectivity index (χ2v) is 4.87. The van der Waals surface area contributed by atoms with Crippen molar-refractivity contribution in [1.29, 1.82) is 0 Å². The van der Waals surface area contributed by atoms with Crippen LogP contribution in [0.25, 0.3) is 0 Å². The van der Waals surface area contributed by atoms with Crippen molar-refractivity contribution in [1.82, 2.24) is 4.98 Å². The van der Waals surface area contributed by atoms with Crippen molar-refractivity contribution < 1.29 is 14.3 Å². The molecule has 5 nitrogen and oxygen atoms in total. The summed E-state index contributed by atoms with van der Waals surface area (Å²) in [7, 11) is 1.29. The SMILES string of the molecule is COC(=O)c1ccnc(Oc2ccc(I)cc2)c1N. The molecule has 0 unspecified atom stereocenters. The molecule has 0 saturated carbocycles. The highest BCUT2D eigenvalue weighted by atomic mass is 127. The number of carbonyl (C=O) groups is 1. The molecule has 1 aromatic heterocycles. The quantitative estimate of drug-likeness (QED) is 0.665. The van der Waals surface area contributed by atoms with Crippen molar-refractivity contribution in [3.8, 4) is 11.6 Å². The number of halogens is 1. The molecule has 1 aromatic carbocycles. The number of anilines is 1. The highest BCUT2D eigenvalue weighted by Gasteiger charge is 2.15. The van der Waals surface area contributed by atoms with Gasteiger partial charge in [0.05, 0.1) is 12.7 Å². The molecule has 1 heterocycles. The summed E-state index contributed by atoms with van der Waals surface area (Å²) in [6.45, 7) is 0. The van der Waals surface area contributed by atoms with Crippen LogP contribution in [0.1, 0.15) is 10.4 Å². The first-order valence-corrected chi connectivity index (χ1v) is 6.46. The fraction of sp³-hybridized carbons (Fsp3) is 0.0769. The van der Waals surface area contributed by atoms with E-state index in [4.69, 9.17) is 10.5 Å². The average Bonchev–Trinajstić information content (AvgIpc) is 2.43. The smallest absolute Gasteiger partial charge is 0.340 e.